The number of nitrogens with zero attached hydrogens (tertiary/aromatic N) is 2. The van der Waals surface area contributed by atoms with Crippen LogP contribution in [0.5, 0.6) is 69.0 Å². The van der Waals surface area contributed by atoms with Gasteiger partial charge in [-0.25, -0.2) is 9.80 Å². The van der Waals surface area contributed by atoms with Crippen LogP contribution in [0.2, 0.25) is 0 Å². The second-order valence-corrected chi connectivity index (χ2v) is 31.3. The number of para-hydroxylation sites is 2. The Hall–Kier alpha value is -11.1. The third kappa shape index (κ3) is 22.1. The Morgan fingerprint density at radius 3 is 0.619 bits per heavy atom. The van der Waals surface area contributed by atoms with Crippen LogP contribution < -0.4 is 47.7 Å². The molecule has 0 bridgehead atoms. The largest absolute Gasteiger partial charge is 0.491 e. The van der Waals surface area contributed by atoms with E-state index in [-0.39, 0.29) is 188 Å². The van der Waals surface area contributed by atoms with Crippen molar-refractivity contribution in [3.05, 3.63) is 202 Å². The van der Waals surface area contributed by atoms with E-state index in [1.54, 1.807) is 150 Å². The summed E-state index contributed by atoms with van der Waals surface area (Å²) in [6.07, 6.45) is 0. The molecule has 126 heavy (non-hydrogen) atoms. The van der Waals surface area contributed by atoms with Gasteiger partial charge in [-0.15, -0.1) is 0 Å². The number of carbonyl (C=O) groups is 4. The molecule has 2 aliphatic heterocycles. The van der Waals surface area contributed by atoms with Crippen molar-refractivity contribution < 1.29 is 114 Å². The molecule has 26 nitrogen and oxygen atoms in total. The quantitative estimate of drug-likeness (QED) is 0.0148. The Labute approximate surface area is 735 Å². The molecule has 0 saturated heterocycles. The van der Waals surface area contributed by atoms with Gasteiger partial charge in [0.15, 0.2) is 0 Å². The first kappa shape index (κ1) is 92.6. The minimum Gasteiger partial charge on any atom is -0.491 e. The van der Waals surface area contributed by atoms with Crippen molar-refractivity contribution in [1.29, 1.82) is 0 Å². The maximum absolute atomic E-state index is 16.9. The van der Waals surface area contributed by atoms with E-state index in [0.29, 0.717) is 140 Å². The molecule has 11 aromatic carbocycles. The monoisotopic (exact) mass is 1730 g/mol. The first-order valence-electron chi connectivity index (χ1n) is 43.0. The number of anilines is 2. The Morgan fingerprint density at radius 1 is 0.222 bits per heavy atom. The summed E-state index contributed by atoms with van der Waals surface area (Å²) < 4.78 is 122. The first-order valence-corrected chi connectivity index (χ1v) is 43.0. The van der Waals surface area contributed by atoms with Crippen molar-refractivity contribution in [2.75, 3.05) is 197 Å². The number of hydrogen-bond acceptors (Lipinski definition) is 24. The summed E-state index contributed by atoms with van der Waals surface area (Å²) in [6, 6.07) is 46.7. The molecular formula is C100H114N2O24. The summed E-state index contributed by atoms with van der Waals surface area (Å²) in [7, 11) is 6.46. The molecule has 2 heterocycles. The van der Waals surface area contributed by atoms with Crippen LogP contribution in [0.25, 0.3) is 43.1 Å². The van der Waals surface area contributed by atoms with Crippen molar-refractivity contribution >= 4 is 78.1 Å². The molecule has 0 fully saturated rings. The third-order valence-electron chi connectivity index (χ3n) is 21.4. The average molecular weight is 1730 g/mol. The zero-order valence-electron chi connectivity index (χ0n) is 74.0. The van der Waals surface area contributed by atoms with Gasteiger partial charge in [0.25, 0.3) is 23.6 Å². The summed E-state index contributed by atoms with van der Waals surface area (Å²) in [5, 5.41) is 2.07. The van der Waals surface area contributed by atoms with Crippen LogP contribution in [0.1, 0.15) is 143 Å². The van der Waals surface area contributed by atoms with Crippen LogP contribution in [-0.2, 0) is 56.8 Å². The van der Waals surface area contributed by atoms with Gasteiger partial charge in [0.1, 0.15) is 95.4 Å². The molecule has 0 atom stereocenters. The van der Waals surface area contributed by atoms with Crippen molar-refractivity contribution in [2.45, 2.75) is 79.1 Å². The van der Waals surface area contributed by atoms with Gasteiger partial charge in [0.05, 0.1) is 166 Å². The van der Waals surface area contributed by atoms with Crippen molar-refractivity contribution in [2.24, 2.45) is 0 Å². The fourth-order valence-electron chi connectivity index (χ4n) is 15.5. The lowest BCUT2D eigenvalue weighted by Gasteiger charge is -2.35. The summed E-state index contributed by atoms with van der Waals surface area (Å²) in [5.41, 5.74) is 4.27. The molecule has 4 amide bonds. The van der Waals surface area contributed by atoms with Crippen molar-refractivity contribution in [1.82, 2.24) is 0 Å². The molecule has 2 aliphatic rings. The number of benzene rings is 11. The highest BCUT2D eigenvalue weighted by Crippen LogP contribution is 2.59. The molecule has 0 aromatic heterocycles. The lowest BCUT2D eigenvalue weighted by molar-refractivity contribution is 0.0179. The number of carbonyl (C=O) groups excluding carboxylic acids is 4. The molecule has 0 unspecified atom stereocenters. The van der Waals surface area contributed by atoms with Gasteiger partial charge in [0, 0.05) is 95.8 Å². The van der Waals surface area contributed by atoms with Crippen LogP contribution in [-0.4, -0.2) is 211 Å². The molecular weight excluding hydrogens is 1610 g/mol. The topological polar surface area (TPSA) is 259 Å². The number of methoxy groups -OCH3 is 4. The van der Waals surface area contributed by atoms with Crippen molar-refractivity contribution in [3.8, 4) is 69.0 Å². The lowest BCUT2D eigenvalue weighted by Crippen LogP contribution is -2.42. The van der Waals surface area contributed by atoms with Gasteiger partial charge in [-0.3, -0.25) is 19.2 Å². The van der Waals surface area contributed by atoms with E-state index < -0.39 is 23.6 Å². The fraction of sp³-hybridized carbons (Fsp3) is 0.400. The maximum atomic E-state index is 16.9. The minimum atomic E-state index is -0.648. The van der Waals surface area contributed by atoms with Gasteiger partial charge in [-0.1, -0.05) is 116 Å². The fourth-order valence-corrected chi connectivity index (χ4v) is 15.5. The summed E-state index contributed by atoms with van der Waals surface area (Å²) in [5.74, 6) is -0.263. The summed E-state index contributed by atoms with van der Waals surface area (Å²) >= 11 is 0. The van der Waals surface area contributed by atoms with Crippen LogP contribution >= 0.6 is 0 Å². The zero-order chi connectivity index (χ0) is 88.6. The number of ether oxygens (including phenoxy) is 20. The number of fused-ring (bicyclic) bond motifs is 2. The van der Waals surface area contributed by atoms with E-state index in [1.807, 2.05) is 91.8 Å². The van der Waals surface area contributed by atoms with Crippen LogP contribution in [0.15, 0.2) is 158 Å². The first-order chi connectivity index (χ1) is 61.4. The maximum Gasteiger partial charge on any atom is 0.266 e. The number of amides is 4. The van der Waals surface area contributed by atoms with E-state index in [1.165, 1.54) is 9.80 Å². The number of imide groups is 2. The predicted octanol–water partition coefficient (Wildman–Crippen LogP) is 19.2. The Morgan fingerprint density at radius 2 is 0.413 bits per heavy atom. The highest BCUT2D eigenvalue weighted by Gasteiger charge is 2.45. The van der Waals surface area contributed by atoms with E-state index in [0.717, 1.165) is 22.3 Å². The summed E-state index contributed by atoms with van der Waals surface area (Å²) in [4.78, 5) is 70.3. The van der Waals surface area contributed by atoms with Crippen molar-refractivity contribution in [3.63, 3.8) is 0 Å². The highest BCUT2D eigenvalue weighted by molar-refractivity contribution is 6.48. The second-order valence-electron chi connectivity index (χ2n) is 31.3. The third-order valence-corrected chi connectivity index (χ3v) is 21.4. The van der Waals surface area contributed by atoms with Crippen LogP contribution in [0, 0.1) is 0 Å². The lowest BCUT2D eigenvalue weighted by atomic mass is 9.80. The molecule has 0 saturated carbocycles. The van der Waals surface area contributed by atoms with E-state index in [2.05, 4.69) is 0 Å². The molecule has 0 N–H and O–H groups in total. The Balaban J connectivity index is 1.11. The molecule has 0 aliphatic carbocycles. The average Bonchev–Trinajstić information content (AvgIpc) is 0.668. The van der Waals surface area contributed by atoms with Gasteiger partial charge in [0.2, 0.25) is 0 Å². The smallest absolute Gasteiger partial charge is 0.266 e. The van der Waals surface area contributed by atoms with Gasteiger partial charge in [-0.05, 0) is 119 Å². The molecule has 668 valence electrons. The standard InChI is InChI=1S/C100H114N2O24/c1-63(2)75-27-17-28-76(64(3)4)95(75)101-97(103)79-59-83(123-71-23-13-19-67(55-71)119-51-47-115-43-39-111-35-31-107-9)89-91-85(125-73-25-15-21-69(57-73)121-53-49-117-45-41-113-37-33-109-11)61-81-88-82(100(106)102(99(81)105)96-77(65(5)6)29-18-30-78(96)66(7)8)62-86(126-74-26-16-22-70(58-74)122-54-50-118-46-42-114-38-34-110-12)92(94(88)91)90-84(60-80(98(101)104)87(79)93(89)90)124-72-24-14-20-68(56-72)120-52-48-116-44-40-112-36-32-108-10/h13-30,55-66H,31-54H2,1-12H3. The molecule has 0 radical (unpaired) electrons. The van der Waals surface area contributed by atoms with Gasteiger partial charge >= 0.3 is 0 Å². The van der Waals surface area contributed by atoms with Gasteiger partial charge in [-0.2, -0.15) is 0 Å². The van der Waals surface area contributed by atoms with Crippen LogP contribution in [0.3, 0.4) is 0 Å². The molecule has 26 heteroatoms. The normalized spacial score (nSPS) is 12.8. The van der Waals surface area contributed by atoms with Gasteiger partial charge < -0.3 is 94.7 Å². The second kappa shape index (κ2) is 45.4. The molecule has 0 spiro atoms. The predicted molar refractivity (Wildman–Crippen MR) is 481 cm³/mol. The zero-order valence-corrected chi connectivity index (χ0v) is 74.0. The Kier molecular flexibility index (Phi) is 33.3. The Bertz CT molecular complexity index is 4880. The number of hydrogen-bond donors (Lipinski definition) is 0. The van der Waals surface area contributed by atoms with E-state index in [9.17, 15) is 0 Å². The van der Waals surface area contributed by atoms with E-state index in [4.69, 9.17) is 94.7 Å². The summed E-state index contributed by atoms with van der Waals surface area (Å²) in [6.45, 7) is 24.1. The van der Waals surface area contributed by atoms with E-state index >= 15 is 19.2 Å². The highest BCUT2D eigenvalue weighted by atomic mass is 16.6. The van der Waals surface area contributed by atoms with Crippen LogP contribution in [0.4, 0.5) is 11.4 Å². The molecule has 11 aromatic rings. The molecule has 13 rings (SSSR count). The SMILES string of the molecule is COCCOCCOCCOc1cccc(Oc2cc3c4c(cc(Oc5cccc(OCCOCCOCCOC)c5)c5c6c(Oc7cccc(OCCOCCOCCOC)c7)cc7c8c(cc(Oc9cccc(OCCOCCOCCOC)c9)c(c2c45)c86)C(=O)N(c2c(C(C)C)cccc2C(C)C)C7=O)C(=O)N(c2c(C(C)C)cccc2C(C)C)C3=O)c1. The number of rotatable bonds is 54. The minimum absolute atomic E-state index is 0.0775.